The first-order valence-electron chi connectivity index (χ1n) is 12.3. The molecule has 6 rings (SSSR count). The maximum Gasteiger partial charge on any atom is 0.335 e. The SMILES string of the molecule is CC(=O)O[C@H]1[C@H]2O[C@]23[C@@H]2CC[C@@H]4C[C@@H](O)CC[C@]4(C=O)[C@H]2CC[C@]3(C)[C@H]1c1ccc(=O)oc1. The third kappa shape index (κ3) is 2.66. The Labute approximate surface area is 192 Å². The van der Waals surface area contributed by atoms with Crippen LogP contribution in [-0.4, -0.2) is 41.3 Å². The summed E-state index contributed by atoms with van der Waals surface area (Å²) in [5.41, 5.74) is -0.700. The second kappa shape index (κ2) is 7.01. The van der Waals surface area contributed by atoms with Crippen molar-refractivity contribution in [2.75, 3.05) is 0 Å². The molecule has 10 atom stereocenters. The molecular formula is C26H32O7. The third-order valence-corrected chi connectivity index (χ3v) is 10.3. The number of hydrogen-bond donors (Lipinski definition) is 1. The molecule has 5 fully saturated rings. The molecule has 33 heavy (non-hydrogen) atoms. The van der Waals surface area contributed by atoms with Gasteiger partial charge < -0.3 is 23.8 Å². The van der Waals surface area contributed by atoms with Crippen LogP contribution in [0.2, 0.25) is 0 Å². The number of aliphatic hydroxyl groups excluding tert-OH is 1. The molecule has 1 aromatic heterocycles. The summed E-state index contributed by atoms with van der Waals surface area (Å²) in [7, 11) is 0. The van der Waals surface area contributed by atoms with Crippen molar-refractivity contribution in [1.82, 2.24) is 0 Å². The smallest absolute Gasteiger partial charge is 0.335 e. The summed E-state index contributed by atoms with van der Waals surface area (Å²) in [5.74, 6) is 0.161. The molecule has 4 saturated carbocycles. The zero-order valence-electron chi connectivity index (χ0n) is 19.2. The number of hydrogen-bond acceptors (Lipinski definition) is 7. The van der Waals surface area contributed by atoms with Crippen molar-refractivity contribution < 1.29 is 28.6 Å². The van der Waals surface area contributed by atoms with Gasteiger partial charge >= 0.3 is 11.6 Å². The van der Waals surface area contributed by atoms with Crippen LogP contribution in [0.5, 0.6) is 0 Å². The van der Waals surface area contributed by atoms with Gasteiger partial charge in [0.2, 0.25) is 0 Å². The van der Waals surface area contributed by atoms with Crippen molar-refractivity contribution in [3.05, 3.63) is 34.4 Å². The van der Waals surface area contributed by atoms with Crippen LogP contribution in [0.15, 0.2) is 27.6 Å². The molecule has 1 aromatic rings. The van der Waals surface area contributed by atoms with Crippen LogP contribution in [0.1, 0.15) is 70.3 Å². The lowest BCUT2D eigenvalue weighted by atomic mass is 9.44. The lowest BCUT2D eigenvalue weighted by molar-refractivity contribution is -0.164. The number of fused-ring (bicyclic) bond motifs is 3. The number of aldehydes is 1. The lowest BCUT2D eigenvalue weighted by Crippen LogP contribution is -2.59. The van der Waals surface area contributed by atoms with Gasteiger partial charge in [-0.15, -0.1) is 0 Å². The number of rotatable bonds is 3. The quantitative estimate of drug-likeness (QED) is 0.423. The van der Waals surface area contributed by atoms with E-state index in [0.29, 0.717) is 12.8 Å². The summed E-state index contributed by atoms with van der Waals surface area (Å²) in [4.78, 5) is 36.4. The fourth-order valence-corrected chi connectivity index (χ4v) is 9.02. The fraction of sp³-hybridized carbons (Fsp3) is 0.731. The Morgan fingerprint density at radius 2 is 2.00 bits per heavy atom. The summed E-state index contributed by atoms with van der Waals surface area (Å²) in [6.45, 7) is 3.65. The Bertz CT molecular complexity index is 1030. The van der Waals surface area contributed by atoms with Gasteiger partial charge in [-0.2, -0.15) is 0 Å². The number of carbonyl (C=O) groups excluding carboxylic acids is 2. The Kier molecular flexibility index (Phi) is 4.58. The van der Waals surface area contributed by atoms with Crippen molar-refractivity contribution in [1.29, 1.82) is 0 Å². The van der Waals surface area contributed by atoms with Crippen molar-refractivity contribution in [3.8, 4) is 0 Å². The molecule has 1 aliphatic heterocycles. The molecule has 7 nitrogen and oxygen atoms in total. The average Bonchev–Trinajstić information content (AvgIpc) is 3.49. The minimum Gasteiger partial charge on any atom is -0.459 e. The molecule has 178 valence electrons. The summed E-state index contributed by atoms with van der Waals surface area (Å²) in [6, 6.07) is 3.21. The van der Waals surface area contributed by atoms with E-state index in [9.17, 15) is 19.5 Å². The predicted molar refractivity (Wildman–Crippen MR) is 116 cm³/mol. The number of epoxide rings is 1. The first kappa shape index (κ1) is 21.5. The van der Waals surface area contributed by atoms with E-state index in [1.165, 1.54) is 25.5 Å². The molecule has 0 aromatic carbocycles. The van der Waals surface area contributed by atoms with Crippen LogP contribution in [0.3, 0.4) is 0 Å². The lowest BCUT2D eigenvalue weighted by Gasteiger charge is -2.60. The molecule has 1 spiro atoms. The van der Waals surface area contributed by atoms with Crippen LogP contribution in [0.4, 0.5) is 0 Å². The van der Waals surface area contributed by atoms with Gasteiger partial charge in [0.25, 0.3) is 0 Å². The van der Waals surface area contributed by atoms with E-state index in [1.54, 1.807) is 6.07 Å². The minimum absolute atomic E-state index is 0.136. The van der Waals surface area contributed by atoms with Crippen LogP contribution >= 0.6 is 0 Å². The number of esters is 1. The van der Waals surface area contributed by atoms with Gasteiger partial charge in [-0.25, -0.2) is 4.79 Å². The number of ether oxygens (including phenoxy) is 2. The van der Waals surface area contributed by atoms with Gasteiger partial charge in [-0.1, -0.05) is 6.92 Å². The Hall–Kier alpha value is -1.99. The van der Waals surface area contributed by atoms with Gasteiger partial charge in [0.05, 0.1) is 12.4 Å². The van der Waals surface area contributed by atoms with Crippen molar-refractivity contribution in [3.63, 3.8) is 0 Å². The second-order valence-corrected chi connectivity index (χ2v) is 11.4. The van der Waals surface area contributed by atoms with Gasteiger partial charge in [0.15, 0.2) is 0 Å². The van der Waals surface area contributed by atoms with Gasteiger partial charge in [0, 0.05) is 29.7 Å². The Balaban J connectivity index is 1.42. The van der Waals surface area contributed by atoms with E-state index in [4.69, 9.17) is 13.9 Å². The van der Waals surface area contributed by atoms with E-state index in [1.807, 2.05) is 0 Å². The van der Waals surface area contributed by atoms with E-state index in [0.717, 1.165) is 37.7 Å². The van der Waals surface area contributed by atoms with Crippen LogP contribution in [0, 0.1) is 28.6 Å². The van der Waals surface area contributed by atoms with E-state index in [-0.39, 0.29) is 47.3 Å². The molecule has 1 N–H and O–H groups in total. The second-order valence-electron chi connectivity index (χ2n) is 11.4. The average molecular weight is 457 g/mol. The maximum absolute atomic E-state index is 12.7. The van der Waals surface area contributed by atoms with E-state index >= 15 is 0 Å². The minimum atomic E-state index is -0.451. The Morgan fingerprint density at radius 1 is 1.18 bits per heavy atom. The van der Waals surface area contributed by atoms with Crippen LogP contribution < -0.4 is 5.63 Å². The molecule has 2 heterocycles. The van der Waals surface area contributed by atoms with Crippen LogP contribution in [-0.2, 0) is 19.1 Å². The van der Waals surface area contributed by atoms with Gasteiger partial charge in [-0.3, -0.25) is 4.79 Å². The summed E-state index contributed by atoms with van der Waals surface area (Å²) >= 11 is 0. The maximum atomic E-state index is 12.7. The van der Waals surface area contributed by atoms with Gasteiger partial charge in [-0.05, 0) is 74.3 Å². The molecule has 5 aliphatic rings. The molecule has 0 bridgehead atoms. The summed E-state index contributed by atoms with van der Waals surface area (Å²) in [5, 5.41) is 10.3. The van der Waals surface area contributed by atoms with E-state index in [2.05, 4.69) is 6.92 Å². The van der Waals surface area contributed by atoms with E-state index < -0.39 is 22.7 Å². The zero-order chi connectivity index (χ0) is 23.2. The first-order chi connectivity index (χ1) is 15.8. The molecule has 0 radical (unpaired) electrons. The molecule has 0 amide bonds. The topological polar surface area (TPSA) is 106 Å². The zero-order valence-corrected chi connectivity index (χ0v) is 19.2. The predicted octanol–water partition coefficient (Wildman–Crippen LogP) is 2.98. The highest BCUT2D eigenvalue weighted by Crippen LogP contribution is 2.78. The Morgan fingerprint density at radius 3 is 2.70 bits per heavy atom. The van der Waals surface area contributed by atoms with Crippen molar-refractivity contribution in [2.45, 2.75) is 88.6 Å². The summed E-state index contributed by atoms with van der Waals surface area (Å²) in [6.07, 6.45) is 7.47. The molecule has 0 unspecified atom stereocenters. The highest BCUT2D eigenvalue weighted by atomic mass is 16.7. The highest BCUT2D eigenvalue weighted by Gasteiger charge is 2.85. The van der Waals surface area contributed by atoms with Crippen molar-refractivity contribution >= 4 is 12.3 Å². The van der Waals surface area contributed by atoms with Crippen LogP contribution in [0.25, 0.3) is 0 Å². The molecule has 1 saturated heterocycles. The summed E-state index contributed by atoms with van der Waals surface area (Å²) < 4.78 is 17.7. The number of aliphatic hydroxyl groups is 1. The molecular weight excluding hydrogens is 424 g/mol. The third-order valence-electron chi connectivity index (χ3n) is 10.3. The molecule has 4 aliphatic carbocycles. The largest absolute Gasteiger partial charge is 0.459 e. The highest BCUT2D eigenvalue weighted by molar-refractivity contribution is 5.67. The fourth-order valence-electron chi connectivity index (χ4n) is 9.02. The van der Waals surface area contributed by atoms with Gasteiger partial charge in [0.1, 0.15) is 24.1 Å². The molecule has 7 heteroatoms. The normalized spacial score (nSPS) is 49.7. The number of carbonyl (C=O) groups is 2. The monoisotopic (exact) mass is 456 g/mol. The first-order valence-corrected chi connectivity index (χ1v) is 12.3. The van der Waals surface area contributed by atoms with Crippen molar-refractivity contribution in [2.24, 2.45) is 28.6 Å². The standard InChI is InChI=1S/C26H32O7/c1-14(28)32-22-21(15-3-6-20(30)31-12-15)24(2)9-8-18-19(26(24)23(22)33-26)5-4-16-11-17(29)7-10-25(16,18)13-27/h3,6,12-13,16-19,21-23,29H,4-5,7-11H2,1-2H3/t16-,17+,18+,19-,21+,22-,23-,24-,25-,26-/m1/s1.